The van der Waals surface area contributed by atoms with E-state index < -0.39 is 0 Å². The first-order chi connectivity index (χ1) is 13.0. The summed E-state index contributed by atoms with van der Waals surface area (Å²) in [5.74, 6) is 0.329. The number of nitrogens with one attached hydrogen (secondary N) is 1. The average molecular weight is 363 g/mol. The molecule has 0 radical (unpaired) electrons. The lowest BCUT2D eigenvalue weighted by atomic mass is 10.1. The van der Waals surface area contributed by atoms with Gasteiger partial charge in [0.25, 0.3) is 11.8 Å². The van der Waals surface area contributed by atoms with E-state index in [9.17, 15) is 9.59 Å². The van der Waals surface area contributed by atoms with Crippen LogP contribution >= 0.6 is 0 Å². The second kappa shape index (κ2) is 6.46. The van der Waals surface area contributed by atoms with E-state index in [1.807, 2.05) is 42.7 Å². The maximum absolute atomic E-state index is 13.0. The molecule has 2 aromatic carbocycles. The minimum Gasteiger partial charge on any atom is -0.481 e. The van der Waals surface area contributed by atoms with E-state index in [0.29, 0.717) is 29.4 Å². The Hall–Kier alpha value is -3.28. The summed E-state index contributed by atoms with van der Waals surface area (Å²) in [7, 11) is 1.71. The van der Waals surface area contributed by atoms with Crippen LogP contribution in [0.2, 0.25) is 0 Å². The van der Waals surface area contributed by atoms with Gasteiger partial charge in [0.2, 0.25) is 0 Å². The van der Waals surface area contributed by atoms with Crippen molar-refractivity contribution in [1.29, 1.82) is 0 Å². The number of anilines is 2. The maximum atomic E-state index is 13.0. The Morgan fingerprint density at radius 2 is 2.00 bits per heavy atom. The molecule has 3 aromatic rings. The lowest BCUT2D eigenvalue weighted by Gasteiger charge is -2.26. The van der Waals surface area contributed by atoms with Gasteiger partial charge in [-0.2, -0.15) is 0 Å². The van der Waals surface area contributed by atoms with Crippen LogP contribution in [0.3, 0.4) is 0 Å². The van der Waals surface area contributed by atoms with Crippen LogP contribution in [-0.2, 0) is 11.3 Å². The first kappa shape index (κ1) is 17.1. The topological polar surface area (TPSA) is 63.6 Å². The average Bonchev–Trinajstić information content (AvgIpc) is 2.97. The molecule has 0 saturated heterocycles. The Bertz CT molecular complexity index is 1070. The number of likely N-dealkylation sites (N-methyl/N-ethyl adjacent to an activating group) is 1. The molecule has 0 atom stereocenters. The molecule has 6 heteroatoms. The molecule has 0 spiro atoms. The van der Waals surface area contributed by atoms with Gasteiger partial charge in [0.15, 0.2) is 6.61 Å². The van der Waals surface area contributed by atoms with E-state index in [2.05, 4.69) is 5.32 Å². The summed E-state index contributed by atoms with van der Waals surface area (Å²) >= 11 is 0. The summed E-state index contributed by atoms with van der Waals surface area (Å²) in [5, 5.41) is 4.05. The van der Waals surface area contributed by atoms with Gasteiger partial charge in [0, 0.05) is 36.2 Å². The van der Waals surface area contributed by atoms with Gasteiger partial charge in [0.05, 0.1) is 5.69 Å². The van der Waals surface area contributed by atoms with Gasteiger partial charge in [-0.3, -0.25) is 9.59 Å². The Kier molecular flexibility index (Phi) is 4.11. The van der Waals surface area contributed by atoms with Crippen LogP contribution in [0.15, 0.2) is 42.5 Å². The van der Waals surface area contributed by atoms with Crippen molar-refractivity contribution in [2.45, 2.75) is 20.4 Å². The van der Waals surface area contributed by atoms with Gasteiger partial charge in [-0.05, 0) is 37.6 Å². The molecule has 0 saturated carbocycles. The molecule has 27 heavy (non-hydrogen) atoms. The number of ether oxygens (including phenoxy) is 1. The van der Waals surface area contributed by atoms with Crippen LogP contribution in [0, 0.1) is 6.92 Å². The largest absolute Gasteiger partial charge is 0.481 e. The first-order valence-electron chi connectivity index (χ1n) is 8.93. The van der Waals surface area contributed by atoms with Crippen LogP contribution in [0.5, 0.6) is 5.75 Å². The number of para-hydroxylation sites is 1. The molecule has 1 aliphatic heterocycles. The van der Waals surface area contributed by atoms with Crippen LogP contribution in [0.1, 0.15) is 23.0 Å². The quantitative estimate of drug-likeness (QED) is 0.774. The minimum atomic E-state index is -0.161. The molecule has 1 aliphatic rings. The highest BCUT2D eigenvalue weighted by Gasteiger charge is 2.23. The maximum Gasteiger partial charge on any atom is 0.272 e. The second-order valence-electron chi connectivity index (χ2n) is 6.61. The Morgan fingerprint density at radius 3 is 2.78 bits per heavy atom. The molecule has 0 aliphatic carbocycles. The molecule has 138 valence electrons. The number of aromatic nitrogens is 1. The lowest BCUT2D eigenvalue weighted by molar-refractivity contribution is -0.120. The Labute approximate surface area is 157 Å². The predicted octanol–water partition coefficient (Wildman–Crippen LogP) is 3.58. The number of carbonyl (C=O) groups is 2. The third-order valence-electron chi connectivity index (χ3n) is 5.06. The number of aryl methyl sites for hydroxylation is 2. The molecule has 1 aromatic heterocycles. The lowest BCUT2D eigenvalue weighted by Crippen LogP contribution is -2.35. The van der Waals surface area contributed by atoms with E-state index in [4.69, 9.17) is 4.74 Å². The number of fused-ring (bicyclic) bond motifs is 2. The molecular weight excluding hydrogens is 342 g/mol. The first-order valence-corrected chi connectivity index (χ1v) is 8.93. The van der Waals surface area contributed by atoms with Gasteiger partial charge in [-0.25, -0.2) is 0 Å². The van der Waals surface area contributed by atoms with Gasteiger partial charge < -0.3 is 19.5 Å². The summed E-state index contributed by atoms with van der Waals surface area (Å²) in [6.07, 6.45) is 0. The second-order valence-corrected chi connectivity index (χ2v) is 6.61. The fourth-order valence-electron chi connectivity index (χ4n) is 3.64. The zero-order valence-corrected chi connectivity index (χ0v) is 15.6. The van der Waals surface area contributed by atoms with Crippen molar-refractivity contribution in [2.75, 3.05) is 23.9 Å². The zero-order valence-electron chi connectivity index (χ0n) is 15.6. The van der Waals surface area contributed by atoms with Crippen molar-refractivity contribution in [3.05, 3.63) is 53.7 Å². The summed E-state index contributed by atoms with van der Waals surface area (Å²) in [6, 6.07) is 13.3. The van der Waals surface area contributed by atoms with Crippen molar-refractivity contribution in [3.8, 4) is 5.75 Å². The summed E-state index contributed by atoms with van der Waals surface area (Å²) < 4.78 is 7.53. The standard InChI is InChI=1S/C21H21N3O3/c1-4-24-16-8-6-5-7-15(16)13(2)20(24)21(26)22-14-9-10-17-18(11-14)27-12-19(25)23(17)3/h5-11H,4,12H2,1-3H3,(H,22,26). The van der Waals surface area contributed by atoms with E-state index in [-0.39, 0.29) is 18.4 Å². The highest BCUT2D eigenvalue weighted by Crippen LogP contribution is 2.34. The van der Waals surface area contributed by atoms with Gasteiger partial charge in [-0.1, -0.05) is 18.2 Å². The fraction of sp³-hybridized carbons (Fsp3) is 0.238. The van der Waals surface area contributed by atoms with Gasteiger partial charge in [-0.15, -0.1) is 0 Å². The third kappa shape index (κ3) is 2.73. The molecule has 0 fully saturated rings. The van der Waals surface area contributed by atoms with Crippen LogP contribution in [0.25, 0.3) is 10.9 Å². The Morgan fingerprint density at radius 1 is 1.22 bits per heavy atom. The highest BCUT2D eigenvalue weighted by atomic mass is 16.5. The number of hydrogen-bond donors (Lipinski definition) is 1. The highest BCUT2D eigenvalue weighted by molar-refractivity contribution is 6.08. The Balaban J connectivity index is 1.69. The molecular formula is C21H21N3O3. The number of hydrogen-bond acceptors (Lipinski definition) is 3. The fourth-order valence-corrected chi connectivity index (χ4v) is 3.64. The van der Waals surface area contributed by atoms with Crippen LogP contribution in [-0.4, -0.2) is 30.0 Å². The van der Waals surface area contributed by atoms with Crippen molar-refractivity contribution >= 4 is 34.1 Å². The normalized spacial score (nSPS) is 13.4. The van der Waals surface area contributed by atoms with Crippen molar-refractivity contribution in [2.24, 2.45) is 0 Å². The molecule has 1 N–H and O–H groups in total. The zero-order chi connectivity index (χ0) is 19.1. The molecule has 4 rings (SSSR count). The van der Waals surface area contributed by atoms with Gasteiger partial charge >= 0.3 is 0 Å². The monoisotopic (exact) mass is 363 g/mol. The predicted molar refractivity (Wildman–Crippen MR) is 106 cm³/mol. The summed E-state index contributed by atoms with van der Waals surface area (Å²) in [6.45, 7) is 4.71. The molecule has 0 bridgehead atoms. The number of rotatable bonds is 3. The van der Waals surface area contributed by atoms with Crippen molar-refractivity contribution in [1.82, 2.24) is 4.57 Å². The van der Waals surface area contributed by atoms with E-state index in [0.717, 1.165) is 16.5 Å². The summed E-state index contributed by atoms with van der Waals surface area (Å²) in [5.41, 5.74) is 4.00. The molecule has 6 nitrogen and oxygen atoms in total. The molecule has 0 unspecified atom stereocenters. The third-order valence-corrected chi connectivity index (χ3v) is 5.06. The van der Waals surface area contributed by atoms with E-state index in [1.54, 1.807) is 30.1 Å². The van der Waals surface area contributed by atoms with Gasteiger partial charge in [0.1, 0.15) is 11.4 Å². The number of nitrogens with zero attached hydrogens (tertiary/aromatic N) is 2. The smallest absolute Gasteiger partial charge is 0.272 e. The van der Waals surface area contributed by atoms with Crippen LogP contribution in [0.4, 0.5) is 11.4 Å². The minimum absolute atomic E-state index is 0.00405. The molecule has 2 amide bonds. The number of carbonyl (C=O) groups excluding carboxylic acids is 2. The van der Waals surface area contributed by atoms with Crippen molar-refractivity contribution in [3.63, 3.8) is 0 Å². The molecule has 2 heterocycles. The van der Waals surface area contributed by atoms with Crippen LogP contribution < -0.4 is 15.0 Å². The summed E-state index contributed by atoms with van der Waals surface area (Å²) in [4.78, 5) is 26.3. The number of benzene rings is 2. The van der Waals surface area contributed by atoms with Crippen molar-refractivity contribution < 1.29 is 14.3 Å². The number of amides is 2. The van der Waals surface area contributed by atoms with E-state index >= 15 is 0 Å². The van der Waals surface area contributed by atoms with E-state index in [1.165, 1.54) is 0 Å². The SMILES string of the molecule is CCn1c(C(=O)Nc2ccc3c(c2)OCC(=O)N3C)c(C)c2ccccc21.